The molecule has 2 atom stereocenters. The van der Waals surface area contributed by atoms with Crippen LogP contribution in [0.25, 0.3) is 0 Å². The maximum Gasteiger partial charge on any atom is 0.408 e. The molecule has 0 aromatic heterocycles. The van der Waals surface area contributed by atoms with E-state index in [-0.39, 0.29) is 6.04 Å². The molecule has 6 heteroatoms. The smallest absolute Gasteiger partial charge is 0.408 e. The van der Waals surface area contributed by atoms with E-state index in [1.807, 2.05) is 0 Å². The number of carbonyl (C=O) groups excluding carboxylic acids is 2. The molecule has 1 amide bonds. The second kappa shape index (κ2) is 7.47. The second-order valence-corrected chi connectivity index (χ2v) is 6.10. The van der Waals surface area contributed by atoms with Gasteiger partial charge >= 0.3 is 12.1 Å². The van der Waals surface area contributed by atoms with Crippen LogP contribution < -0.4 is 10.6 Å². The van der Waals surface area contributed by atoms with E-state index in [4.69, 9.17) is 9.47 Å². The fraction of sp³-hybridized carbons (Fsp3) is 0.857. The van der Waals surface area contributed by atoms with Crippen molar-refractivity contribution in [2.75, 3.05) is 13.7 Å². The van der Waals surface area contributed by atoms with Gasteiger partial charge in [0.1, 0.15) is 11.6 Å². The summed E-state index contributed by atoms with van der Waals surface area (Å²) in [4.78, 5) is 23.5. The van der Waals surface area contributed by atoms with Gasteiger partial charge < -0.3 is 20.1 Å². The quantitative estimate of drug-likeness (QED) is 0.767. The lowest BCUT2D eigenvalue weighted by Crippen LogP contribution is -2.48. The zero-order valence-corrected chi connectivity index (χ0v) is 12.8. The SMILES string of the molecule is COC(=O)C(CC1CCCCN1)NC(=O)OC(C)(C)C. The van der Waals surface area contributed by atoms with Crippen molar-refractivity contribution in [1.82, 2.24) is 10.6 Å². The van der Waals surface area contributed by atoms with Crippen LogP contribution >= 0.6 is 0 Å². The molecule has 1 aliphatic rings. The van der Waals surface area contributed by atoms with Gasteiger partial charge in [-0.1, -0.05) is 6.42 Å². The number of amides is 1. The van der Waals surface area contributed by atoms with Crippen LogP contribution in [0.2, 0.25) is 0 Å². The summed E-state index contributed by atoms with van der Waals surface area (Å²) in [5.41, 5.74) is -0.589. The summed E-state index contributed by atoms with van der Waals surface area (Å²) in [6, 6.07) is -0.451. The van der Waals surface area contributed by atoms with Crippen molar-refractivity contribution in [3.63, 3.8) is 0 Å². The minimum Gasteiger partial charge on any atom is -0.467 e. The molecule has 0 saturated carbocycles. The summed E-state index contributed by atoms with van der Waals surface area (Å²) in [5.74, 6) is -0.441. The highest BCUT2D eigenvalue weighted by atomic mass is 16.6. The molecule has 1 aliphatic heterocycles. The summed E-state index contributed by atoms with van der Waals surface area (Å²) in [6.07, 6.45) is 3.22. The Morgan fingerprint density at radius 1 is 1.35 bits per heavy atom. The molecule has 20 heavy (non-hydrogen) atoms. The van der Waals surface area contributed by atoms with Crippen molar-refractivity contribution in [2.24, 2.45) is 0 Å². The van der Waals surface area contributed by atoms with Gasteiger partial charge in [-0.3, -0.25) is 0 Å². The average molecular weight is 286 g/mol. The van der Waals surface area contributed by atoms with Crippen LogP contribution in [0.1, 0.15) is 46.5 Å². The van der Waals surface area contributed by atoms with E-state index in [9.17, 15) is 9.59 Å². The fourth-order valence-electron chi connectivity index (χ4n) is 2.22. The summed E-state index contributed by atoms with van der Waals surface area (Å²) < 4.78 is 9.92. The highest BCUT2D eigenvalue weighted by molar-refractivity contribution is 5.81. The third kappa shape index (κ3) is 6.23. The summed E-state index contributed by atoms with van der Waals surface area (Å²) >= 11 is 0. The Hall–Kier alpha value is -1.30. The molecule has 1 saturated heterocycles. The number of esters is 1. The number of ether oxygens (including phenoxy) is 2. The number of nitrogens with one attached hydrogen (secondary N) is 2. The third-order valence-electron chi connectivity index (χ3n) is 3.11. The lowest BCUT2D eigenvalue weighted by Gasteiger charge is -2.28. The van der Waals surface area contributed by atoms with Crippen LogP contribution in [-0.4, -0.2) is 43.4 Å². The number of methoxy groups -OCH3 is 1. The molecule has 116 valence electrons. The van der Waals surface area contributed by atoms with E-state index in [1.165, 1.54) is 7.11 Å². The van der Waals surface area contributed by atoms with Gasteiger partial charge in [-0.05, 0) is 46.6 Å². The predicted molar refractivity (Wildman–Crippen MR) is 75.4 cm³/mol. The molecule has 1 rings (SSSR count). The minimum absolute atomic E-state index is 0.225. The van der Waals surface area contributed by atoms with Crippen molar-refractivity contribution in [3.8, 4) is 0 Å². The number of hydrogen-bond acceptors (Lipinski definition) is 5. The Labute approximate surface area is 120 Å². The topological polar surface area (TPSA) is 76.7 Å². The largest absolute Gasteiger partial charge is 0.467 e. The Morgan fingerprint density at radius 3 is 2.55 bits per heavy atom. The van der Waals surface area contributed by atoms with Gasteiger partial charge in [0.05, 0.1) is 7.11 Å². The standard InChI is InChI=1S/C14H26N2O4/c1-14(2,3)20-13(18)16-11(12(17)19-4)9-10-7-5-6-8-15-10/h10-11,15H,5-9H2,1-4H3,(H,16,18). The normalized spacial score (nSPS) is 20.9. The molecule has 0 bridgehead atoms. The summed E-state index contributed by atoms with van der Waals surface area (Å²) in [7, 11) is 1.32. The second-order valence-electron chi connectivity index (χ2n) is 6.10. The third-order valence-corrected chi connectivity index (χ3v) is 3.11. The number of rotatable bonds is 4. The lowest BCUT2D eigenvalue weighted by atomic mass is 9.98. The Kier molecular flexibility index (Phi) is 6.26. The van der Waals surface area contributed by atoms with Crippen LogP contribution in [-0.2, 0) is 14.3 Å². The molecule has 0 aromatic carbocycles. The molecular formula is C14H26N2O4. The van der Waals surface area contributed by atoms with Gasteiger partial charge in [0, 0.05) is 6.04 Å². The van der Waals surface area contributed by atoms with Crippen molar-refractivity contribution in [2.45, 2.75) is 64.1 Å². The minimum atomic E-state index is -0.676. The van der Waals surface area contributed by atoms with Gasteiger partial charge in [0.25, 0.3) is 0 Å². The molecule has 2 N–H and O–H groups in total. The first-order valence-electron chi connectivity index (χ1n) is 7.12. The molecule has 0 aromatic rings. The van der Waals surface area contributed by atoms with E-state index in [0.29, 0.717) is 6.42 Å². The molecule has 0 spiro atoms. The molecule has 0 aliphatic carbocycles. The van der Waals surface area contributed by atoms with E-state index in [2.05, 4.69) is 10.6 Å². The monoisotopic (exact) mass is 286 g/mol. The van der Waals surface area contributed by atoms with E-state index in [0.717, 1.165) is 25.8 Å². The van der Waals surface area contributed by atoms with Crippen LogP contribution in [0.3, 0.4) is 0 Å². The first kappa shape index (κ1) is 16.8. The Morgan fingerprint density at radius 2 is 2.05 bits per heavy atom. The van der Waals surface area contributed by atoms with Crippen LogP contribution in [0, 0.1) is 0 Å². The number of piperidine rings is 1. The van der Waals surface area contributed by atoms with E-state index < -0.39 is 23.7 Å². The van der Waals surface area contributed by atoms with Crippen molar-refractivity contribution in [3.05, 3.63) is 0 Å². The predicted octanol–water partition coefficient (Wildman–Crippen LogP) is 1.58. The molecule has 2 unspecified atom stereocenters. The zero-order chi connectivity index (χ0) is 15.2. The summed E-state index contributed by atoms with van der Waals surface area (Å²) in [5, 5.41) is 5.95. The van der Waals surface area contributed by atoms with Gasteiger partial charge in [0.15, 0.2) is 0 Å². The van der Waals surface area contributed by atoms with Crippen LogP contribution in [0.4, 0.5) is 4.79 Å². The van der Waals surface area contributed by atoms with Gasteiger partial charge in [0.2, 0.25) is 0 Å². The number of carbonyl (C=O) groups is 2. The highest BCUT2D eigenvalue weighted by Gasteiger charge is 2.28. The van der Waals surface area contributed by atoms with E-state index >= 15 is 0 Å². The molecule has 1 fully saturated rings. The van der Waals surface area contributed by atoms with Gasteiger partial charge in [-0.25, -0.2) is 9.59 Å². The summed E-state index contributed by atoms with van der Waals surface area (Å²) in [6.45, 7) is 6.29. The zero-order valence-electron chi connectivity index (χ0n) is 12.8. The van der Waals surface area contributed by atoms with E-state index in [1.54, 1.807) is 20.8 Å². The average Bonchev–Trinajstić information content (AvgIpc) is 2.36. The molecule has 0 radical (unpaired) electrons. The maximum absolute atomic E-state index is 11.8. The van der Waals surface area contributed by atoms with Crippen molar-refractivity contribution < 1.29 is 19.1 Å². The number of hydrogen-bond donors (Lipinski definition) is 2. The van der Waals surface area contributed by atoms with Crippen LogP contribution in [0.5, 0.6) is 0 Å². The van der Waals surface area contributed by atoms with Gasteiger partial charge in [-0.15, -0.1) is 0 Å². The molecule has 1 heterocycles. The maximum atomic E-state index is 11.8. The van der Waals surface area contributed by atoms with Crippen molar-refractivity contribution in [1.29, 1.82) is 0 Å². The van der Waals surface area contributed by atoms with Crippen LogP contribution in [0.15, 0.2) is 0 Å². The number of alkyl carbamates (subject to hydrolysis) is 1. The lowest BCUT2D eigenvalue weighted by molar-refractivity contribution is -0.143. The Bertz CT molecular complexity index is 333. The fourth-order valence-corrected chi connectivity index (χ4v) is 2.22. The molecule has 6 nitrogen and oxygen atoms in total. The highest BCUT2D eigenvalue weighted by Crippen LogP contribution is 2.13. The molecular weight excluding hydrogens is 260 g/mol. The Balaban J connectivity index is 2.55. The first-order chi connectivity index (χ1) is 9.31. The first-order valence-corrected chi connectivity index (χ1v) is 7.12. The van der Waals surface area contributed by atoms with Crippen molar-refractivity contribution >= 4 is 12.1 Å². The van der Waals surface area contributed by atoms with Gasteiger partial charge in [-0.2, -0.15) is 0 Å².